The van der Waals surface area contributed by atoms with Gasteiger partial charge in [-0.25, -0.2) is 9.79 Å². The van der Waals surface area contributed by atoms with E-state index in [9.17, 15) is 9.90 Å². The standard InChI is InChI=1S/C25H35N5O3.ClH/c1-15-16(2)22-18(17(3)21(15)31)11-13-25(4,33-22)12-7-8-14-28-24(32)30-20-10-6-5-9-19(20)29-23(26)27;/h5-6,9-10,31H,7-8,11-14H2,1-4H3,(H4,26,27,29)(H2,28,30,32);1H. The fourth-order valence-electron chi connectivity index (χ4n) is 4.28. The molecule has 1 unspecified atom stereocenters. The van der Waals surface area contributed by atoms with Crippen molar-refractivity contribution in [3.8, 4) is 11.5 Å². The van der Waals surface area contributed by atoms with Crippen LogP contribution in [0.2, 0.25) is 0 Å². The normalized spacial score (nSPS) is 16.5. The van der Waals surface area contributed by atoms with E-state index < -0.39 is 0 Å². The van der Waals surface area contributed by atoms with E-state index in [1.165, 1.54) is 0 Å². The minimum Gasteiger partial charge on any atom is -0.507 e. The number of halogens is 1. The molecule has 186 valence electrons. The summed E-state index contributed by atoms with van der Waals surface area (Å²) < 4.78 is 6.47. The van der Waals surface area contributed by atoms with Gasteiger partial charge in [0.05, 0.1) is 11.4 Å². The van der Waals surface area contributed by atoms with Crippen LogP contribution < -0.4 is 26.8 Å². The summed E-state index contributed by atoms with van der Waals surface area (Å²) >= 11 is 0. The summed E-state index contributed by atoms with van der Waals surface area (Å²) in [7, 11) is 0. The molecule has 0 saturated carbocycles. The number of aromatic hydroxyl groups is 1. The molecule has 0 bridgehead atoms. The number of para-hydroxylation sites is 2. The summed E-state index contributed by atoms with van der Waals surface area (Å²) in [6.45, 7) is 8.59. The van der Waals surface area contributed by atoms with E-state index in [-0.39, 0.29) is 30.0 Å². The SMILES string of the molecule is Cc1c(C)c2c(c(C)c1O)CCC(C)(CCCCNC(=O)Nc1ccccc1N=C(N)N)O2.Cl. The molecule has 2 aromatic rings. The molecule has 3 rings (SSSR count). The van der Waals surface area contributed by atoms with Gasteiger partial charge in [0, 0.05) is 12.1 Å². The molecule has 1 aliphatic rings. The molecule has 34 heavy (non-hydrogen) atoms. The smallest absolute Gasteiger partial charge is 0.319 e. The molecular formula is C25H36ClN5O3. The van der Waals surface area contributed by atoms with Crippen LogP contribution in [0.15, 0.2) is 29.3 Å². The second-order valence-corrected chi connectivity index (χ2v) is 8.98. The number of hydrogen-bond donors (Lipinski definition) is 5. The van der Waals surface area contributed by atoms with Gasteiger partial charge in [0.15, 0.2) is 5.96 Å². The number of unbranched alkanes of at least 4 members (excludes halogenated alkanes) is 1. The third-order valence-electron chi connectivity index (χ3n) is 6.41. The summed E-state index contributed by atoms with van der Waals surface area (Å²) in [6.07, 6.45) is 4.44. The van der Waals surface area contributed by atoms with E-state index in [0.717, 1.165) is 60.1 Å². The Bertz CT molecular complexity index is 1070. The van der Waals surface area contributed by atoms with E-state index in [4.69, 9.17) is 16.2 Å². The highest BCUT2D eigenvalue weighted by molar-refractivity contribution is 5.93. The van der Waals surface area contributed by atoms with E-state index >= 15 is 0 Å². The molecule has 0 radical (unpaired) electrons. The van der Waals surface area contributed by atoms with E-state index in [2.05, 4.69) is 22.5 Å². The molecule has 8 nitrogen and oxygen atoms in total. The third-order valence-corrected chi connectivity index (χ3v) is 6.41. The van der Waals surface area contributed by atoms with Crippen LogP contribution in [-0.4, -0.2) is 29.2 Å². The minimum atomic E-state index is -0.302. The summed E-state index contributed by atoms with van der Waals surface area (Å²) in [6, 6.07) is 6.76. The molecule has 2 aromatic carbocycles. The molecule has 1 heterocycles. The molecule has 1 aliphatic heterocycles. The predicted molar refractivity (Wildman–Crippen MR) is 140 cm³/mol. The van der Waals surface area contributed by atoms with E-state index in [1.807, 2.05) is 20.8 Å². The van der Waals surface area contributed by atoms with Gasteiger partial charge in [0.2, 0.25) is 0 Å². The van der Waals surface area contributed by atoms with Gasteiger partial charge in [-0.2, -0.15) is 0 Å². The zero-order chi connectivity index (χ0) is 24.2. The van der Waals surface area contributed by atoms with Crippen molar-refractivity contribution in [1.82, 2.24) is 5.32 Å². The first kappa shape index (κ1) is 27.1. The first-order valence-electron chi connectivity index (χ1n) is 11.4. The summed E-state index contributed by atoms with van der Waals surface area (Å²) in [5.41, 5.74) is 15.6. The number of ether oxygens (including phenoxy) is 1. The van der Waals surface area contributed by atoms with Gasteiger partial charge < -0.3 is 31.9 Å². The Hall–Kier alpha value is -3.13. The summed E-state index contributed by atoms with van der Waals surface area (Å²) in [5.74, 6) is 1.24. The fraction of sp³-hybridized carbons (Fsp3) is 0.440. The zero-order valence-corrected chi connectivity index (χ0v) is 21.1. The largest absolute Gasteiger partial charge is 0.507 e. The van der Waals surface area contributed by atoms with Crippen LogP contribution >= 0.6 is 12.4 Å². The number of anilines is 1. The zero-order valence-electron chi connectivity index (χ0n) is 20.3. The highest BCUT2D eigenvalue weighted by atomic mass is 35.5. The number of phenolic OH excluding ortho intramolecular Hbond substituents is 1. The predicted octanol–water partition coefficient (Wildman–Crippen LogP) is 4.72. The topological polar surface area (TPSA) is 135 Å². The number of carbonyl (C=O) groups excluding carboxylic acids is 1. The lowest BCUT2D eigenvalue weighted by Crippen LogP contribution is -2.37. The van der Waals surface area contributed by atoms with Crippen molar-refractivity contribution in [2.75, 3.05) is 11.9 Å². The molecule has 0 aliphatic carbocycles. The number of hydrogen-bond acceptors (Lipinski definition) is 4. The average molecular weight is 490 g/mol. The number of rotatable bonds is 7. The van der Waals surface area contributed by atoms with Gasteiger partial charge in [0.1, 0.15) is 17.1 Å². The van der Waals surface area contributed by atoms with Crippen molar-refractivity contribution in [3.63, 3.8) is 0 Å². The number of nitrogens with two attached hydrogens (primary N) is 2. The summed E-state index contributed by atoms with van der Waals surface area (Å²) in [5, 5.41) is 16.0. The quantitative estimate of drug-likeness (QED) is 0.218. The Morgan fingerprint density at radius 3 is 2.56 bits per heavy atom. The van der Waals surface area contributed by atoms with Crippen LogP contribution in [0, 0.1) is 20.8 Å². The third kappa shape index (κ3) is 6.26. The first-order chi connectivity index (χ1) is 15.6. The second-order valence-electron chi connectivity index (χ2n) is 8.98. The number of carbonyl (C=O) groups is 1. The molecule has 0 saturated heterocycles. The van der Waals surface area contributed by atoms with Gasteiger partial charge in [-0.05, 0) is 88.6 Å². The fourth-order valence-corrected chi connectivity index (χ4v) is 4.28. The van der Waals surface area contributed by atoms with Gasteiger partial charge in [-0.1, -0.05) is 12.1 Å². The van der Waals surface area contributed by atoms with Gasteiger partial charge in [0.25, 0.3) is 0 Å². The Kier molecular flexibility index (Phi) is 9.04. The Labute approximate surface area is 207 Å². The van der Waals surface area contributed by atoms with Crippen LogP contribution in [-0.2, 0) is 6.42 Å². The highest BCUT2D eigenvalue weighted by Gasteiger charge is 2.34. The lowest BCUT2D eigenvalue weighted by molar-refractivity contribution is 0.0524. The maximum absolute atomic E-state index is 12.3. The van der Waals surface area contributed by atoms with Gasteiger partial charge in [-0.15, -0.1) is 12.4 Å². The molecule has 1 atom stereocenters. The maximum atomic E-state index is 12.3. The molecule has 9 heteroatoms. The lowest BCUT2D eigenvalue weighted by Gasteiger charge is -2.38. The number of amides is 2. The highest BCUT2D eigenvalue weighted by Crippen LogP contribution is 2.44. The van der Waals surface area contributed by atoms with Gasteiger partial charge in [-0.3, -0.25) is 0 Å². The number of nitrogens with zero attached hydrogens (tertiary/aromatic N) is 1. The van der Waals surface area contributed by atoms with Crippen molar-refractivity contribution >= 4 is 35.8 Å². The van der Waals surface area contributed by atoms with E-state index in [1.54, 1.807) is 24.3 Å². The minimum absolute atomic E-state index is 0. The molecule has 7 N–H and O–H groups in total. The Morgan fingerprint density at radius 1 is 1.15 bits per heavy atom. The number of phenols is 1. The second kappa shape index (κ2) is 11.3. The average Bonchev–Trinajstić information content (AvgIpc) is 2.77. The van der Waals surface area contributed by atoms with Crippen LogP contribution in [0.1, 0.15) is 54.9 Å². The number of aliphatic imine (C=N–C) groups is 1. The van der Waals surface area contributed by atoms with Crippen molar-refractivity contribution in [1.29, 1.82) is 0 Å². The van der Waals surface area contributed by atoms with Crippen molar-refractivity contribution in [2.24, 2.45) is 16.5 Å². The van der Waals surface area contributed by atoms with Crippen LogP contribution in [0.3, 0.4) is 0 Å². The molecule has 2 amide bonds. The number of guanidine groups is 1. The maximum Gasteiger partial charge on any atom is 0.319 e. The number of benzene rings is 2. The number of nitrogens with one attached hydrogen (secondary N) is 2. The Morgan fingerprint density at radius 2 is 1.85 bits per heavy atom. The molecule has 0 spiro atoms. The molecular weight excluding hydrogens is 454 g/mol. The number of fused-ring (bicyclic) bond motifs is 1. The van der Waals surface area contributed by atoms with Gasteiger partial charge >= 0.3 is 6.03 Å². The Balaban J connectivity index is 0.00000408. The monoisotopic (exact) mass is 489 g/mol. The van der Waals surface area contributed by atoms with E-state index in [0.29, 0.717) is 23.7 Å². The number of urea groups is 1. The molecule has 0 fully saturated rings. The lowest BCUT2D eigenvalue weighted by atomic mass is 9.85. The summed E-state index contributed by atoms with van der Waals surface area (Å²) in [4.78, 5) is 16.3. The van der Waals surface area contributed by atoms with Crippen LogP contribution in [0.4, 0.5) is 16.2 Å². The molecule has 0 aromatic heterocycles. The van der Waals surface area contributed by atoms with Crippen molar-refractivity contribution < 1.29 is 14.6 Å². The first-order valence-corrected chi connectivity index (χ1v) is 11.4. The van der Waals surface area contributed by atoms with Crippen molar-refractivity contribution in [2.45, 2.75) is 65.4 Å². The van der Waals surface area contributed by atoms with Crippen LogP contribution in [0.5, 0.6) is 11.5 Å². The van der Waals surface area contributed by atoms with Crippen LogP contribution in [0.25, 0.3) is 0 Å². The van der Waals surface area contributed by atoms with Crippen molar-refractivity contribution in [3.05, 3.63) is 46.5 Å².